The zero-order valence-corrected chi connectivity index (χ0v) is 8.73. The van der Waals surface area contributed by atoms with Gasteiger partial charge in [-0.1, -0.05) is 6.07 Å². The van der Waals surface area contributed by atoms with E-state index in [1.807, 2.05) is 37.2 Å². The Hall–Kier alpha value is -1.86. The lowest BCUT2D eigenvalue weighted by molar-refractivity contribution is 0.358. The van der Waals surface area contributed by atoms with Crippen LogP contribution in [-0.2, 0) is 0 Å². The second-order valence-corrected chi connectivity index (χ2v) is 3.67. The van der Waals surface area contributed by atoms with Crippen LogP contribution in [0.5, 0.6) is 0 Å². The van der Waals surface area contributed by atoms with Crippen molar-refractivity contribution in [2.75, 3.05) is 14.1 Å². The number of benzene rings is 1. The molecule has 2 rings (SSSR count). The Labute approximate surface area is 88.2 Å². The number of nitrogens with zero attached hydrogens (tertiary/aromatic N) is 3. The molecular weight excluding hydrogens is 188 g/mol. The third-order valence-electron chi connectivity index (χ3n) is 2.40. The Bertz CT molecular complexity index is 507. The molecular formula is C11H12N4. The third-order valence-corrected chi connectivity index (χ3v) is 2.40. The molecule has 0 saturated heterocycles. The fourth-order valence-corrected chi connectivity index (χ4v) is 1.61. The van der Waals surface area contributed by atoms with E-state index in [-0.39, 0.29) is 6.04 Å². The lowest BCUT2D eigenvalue weighted by Crippen LogP contribution is -2.18. The standard InChI is InChI=1S/C11H12N4/c1-15(2)11(6-12)8-3-4-9-10(5-8)14-7-13-9/h3-5,7,11H,1-2H3,(H,13,14). The van der Waals surface area contributed by atoms with Crippen molar-refractivity contribution >= 4 is 11.0 Å². The Morgan fingerprint density at radius 3 is 2.93 bits per heavy atom. The monoisotopic (exact) mass is 200 g/mol. The molecule has 15 heavy (non-hydrogen) atoms. The van der Waals surface area contributed by atoms with E-state index < -0.39 is 0 Å². The topological polar surface area (TPSA) is 55.7 Å². The molecule has 0 aliphatic rings. The van der Waals surface area contributed by atoms with Crippen molar-refractivity contribution in [1.29, 1.82) is 5.26 Å². The second kappa shape index (κ2) is 3.71. The first kappa shape index (κ1) is 9.69. The number of fused-ring (bicyclic) bond motifs is 1. The van der Waals surface area contributed by atoms with Gasteiger partial charge in [-0.05, 0) is 31.8 Å². The van der Waals surface area contributed by atoms with Crippen molar-refractivity contribution in [3.63, 3.8) is 0 Å². The average Bonchev–Trinajstić information content (AvgIpc) is 2.65. The molecule has 1 aromatic heterocycles. The molecule has 76 valence electrons. The zero-order chi connectivity index (χ0) is 10.8. The SMILES string of the molecule is CN(C)C(C#N)c1ccc2nc[nH]c2c1. The first-order valence-corrected chi connectivity index (χ1v) is 4.71. The highest BCUT2D eigenvalue weighted by Crippen LogP contribution is 2.20. The Morgan fingerprint density at radius 2 is 2.27 bits per heavy atom. The summed E-state index contributed by atoms with van der Waals surface area (Å²) < 4.78 is 0. The molecule has 4 nitrogen and oxygen atoms in total. The van der Waals surface area contributed by atoms with Crippen LogP contribution in [-0.4, -0.2) is 29.0 Å². The number of aromatic nitrogens is 2. The fraction of sp³-hybridized carbons (Fsp3) is 0.273. The van der Waals surface area contributed by atoms with E-state index in [0.717, 1.165) is 16.6 Å². The maximum atomic E-state index is 9.06. The molecule has 4 heteroatoms. The molecule has 0 saturated carbocycles. The molecule has 1 aromatic carbocycles. The van der Waals surface area contributed by atoms with Gasteiger partial charge in [0.25, 0.3) is 0 Å². The summed E-state index contributed by atoms with van der Waals surface area (Å²) in [7, 11) is 3.79. The quantitative estimate of drug-likeness (QED) is 0.802. The number of imidazole rings is 1. The summed E-state index contributed by atoms with van der Waals surface area (Å²) in [6.07, 6.45) is 1.66. The van der Waals surface area contributed by atoms with Crippen molar-refractivity contribution in [2.45, 2.75) is 6.04 Å². The Balaban J connectivity index is 2.47. The highest BCUT2D eigenvalue weighted by molar-refractivity contribution is 5.75. The van der Waals surface area contributed by atoms with Gasteiger partial charge in [0.05, 0.1) is 23.4 Å². The number of hydrogen-bond donors (Lipinski definition) is 1. The van der Waals surface area contributed by atoms with E-state index in [1.54, 1.807) is 6.33 Å². The number of rotatable bonds is 2. The maximum Gasteiger partial charge on any atom is 0.123 e. The van der Waals surface area contributed by atoms with Crippen molar-refractivity contribution in [1.82, 2.24) is 14.9 Å². The summed E-state index contributed by atoms with van der Waals surface area (Å²) in [5.41, 5.74) is 2.88. The molecule has 1 heterocycles. The number of aromatic amines is 1. The minimum atomic E-state index is -0.210. The van der Waals surface area contributed by atoms with Gasteiger partial charge in [0.15, 0.2) is 0 Å². The van der Waals surface area contributed by atoms with Gasteiger partial charge in [-0.3, -0.25) is 4.90 Å². The number of nitrogens with one attached hydrogen (secondary N) is 1. The van der Waals surface area contributed by atoms with Crippen molar-refractivity contribution in [3.8, 4) is 6.07 Å². The summed E-state index contributed by atoms with van der Waals surface area (Å²) in [5.74, 6) is 0. The smallest absolute Gasteiger partial charge is 0.123 e. The third kappa shape index (κ3) is 1.69. The second-order valence-electron chi connectivity index (χ2n) is 3.67. The van der Waals surface area contributed by atoms with Crippen LogP contribution in [0.4, 0.5) is 0 Å². The largest absolute Gasteiger partial charge is 0.345 e. The number of H-pyrrole nitrogens is 1. The van der Waals surface area contributed by atoms with E-state index in [0.29, 0.717) is 0 Å². The normalized spacial score (nSPS) is 12.9. The molecule has 1 N–H and O–H groups in total. The predicted molar refractivity (Wildman–Crippen MR) is 58.1 cm³/mol. The summed E-state index contributed by atoms with van der Waals surface area (Å²) in [6.45, 7) is 0. The molecule has 1 atom stereocenters. The molecule has 0 fully saturated rings. The fourth-order valence-electron chi connectivity index (χ4n) is 1.61. The Morgan fingerprint density at radius 1 is 1.47 bits per heavy atom. The van der Waals surface area contributed by atoms with Crippen LogP contribution in [0.1, 0.15) is 11.6 Å². The van der Waals surface area contributed by atoms with Crippen LogP contribution >= 0.6 is 0 Å². The highest BCUT2D eigenvalue weighted by atomic mass is 15.1. The van der Waals surface area contributed by atoms with Gasteiger partial charge in [0, 0.05) is 0 Å². The molecule has 0 aliphatic heterocycles. The van der Waals surface area contributed by atoms with Crippen LogP contribution in [0.15, 0.2) is 24.5 Å². The average molecular weight is 200 g/mol. The van der Waals surface area contributed by atoms with Gasteiger partial charge < -0.3 is 4.98 Å². The Kier molecular flexibility index (Phi) is 2.40. The number of nitriles is 1. The predicted octanol–water partition coefficient (Wildman–Crippen LogP) is 1.69. The van der Waals surface area contributed by atoms with Crippen molar-refractivity contribution in [2.24, 2.45) is 0 Å². The van der Waals surface area contributed by atoms with Crippen molar-refractivity contribution in [3.05, 3.63) is 30.1 Å². The summed E-state index contributed by atoms with van der Waals surface area (Å²) in [4.78, 5) is 9.06. The minimum absolute atomic E-state index is 0.210. The molecule has 0 bridgehead atoms. The van der Waals surface area contributed by atoms with Gasteiger partial charge in [0.1, 0.15) is 6.04 Å². The van der Waals surface area contributed by atoms with Crippen molar-refractivity contribution < 1.29 is 0 Å². The van der Waals surface area contributed by atoms with E-state index in [2.05, 4.69) is 16.0 Å². The van der Waals surface area contributed by atoms with Crippen LogP contribution in [0, 0.1) is 11.3 Å². The van der Waals surface area contributed by atoms with Gasteiger partial charge in [-0.25, -0.2) is 4.98 Å². The molecule has 0 aliphatic carbocycles. The molecule has 2 aromatic rings. The van der Waals surface area contributed by atoms with Crippen LogP contribution in [0.3, 0.4) is 0 Å². The first-order chi connectivity index (χ1) is 7.22. The minimum Gasteiger partial charge on any atom is -0.345 e. The first-order valence-electron chi connectivity index (χ1n) is 4.71. The lowest BCUT2D eigenvalue weighted by atomic mass is 10.1. The van der Waals surface area contributed by atoms with Gasteiger partial charge in [-0.15, -0.1) is 0 Å². The van der Waals surface area contributed by atoms with E-state index in [1.165, 1.54) is 0 Å². The van der Waals surface area contributed by atoms with Crippen LogP contribution < -0.4 is 0 Å². The summed E-state index contributed by atoms with van der Waals surface area (Å²) in [6, 6.07) is 7.89. The summed E-state index contributed by atoms with van der Waals surface area (Å²) in [5, 5.41) is 9.06. The van der Waals surface area contributed by atoms with Gasteiger partial charge >= 0.3 is 0 Å². The lowest BCUT2D eigenvalue weighted by Gasteiger charge is -2.17. The zero-order valence-electron chi connectivity index (χ0n) is 8.73. The van der Waals surface area contributed by atoms with Crippen LogP contribution in [0.25, 0.3) is 11.0 Å². The number of hydrogen-bond acceptors (Lipinski definition) is 3. The summed E-state index contributed by atoms with van der Waals surface area (Å²) >= 11 is 0. The molecule has 0 spiro atoms. The van der Waals surface area contributed by atoms with Gasteiger partial charge in [-0.2, -0.15) is 5.26 Å². The molecule has 0 radical (unpaired) electrons. The van der Waals surface area contributed by atoms with Crippen LogP contribution in [0.2, 0.25) is 0 Å². The highest BCUT2D eigenvalue weighted by Gasteiger charge is 2.13. The van der Waals surface area contributed by atoms with E-state index >= 15 is 0 Å². The maximum absolute atomic E-state index is 9.06. The van der Waals surface area contributed by atoms with E-state index in [4.69, 9.17) is 5.26 Å². The van der Waals surface area contributed by atoms with E-state index in [9.17, 15) is 0 Å². The molecule has 0 amide bonds. The molecule has 1 unspecified atom stereocenters. The van der Waals surface area contributed by atoms with Gasteiger partial charge in [0.2, 0.25) is 0 Å².